The predicted molar refractivity (Wildman–Crippen MR) is 103 cm³/mol. The summed E-state index contributed by atoms with van der Waals surface area (Å²) in [6.07, 6.45) is 0.631. The number of fused-ring (bicyclic) bond motifs is 2. The largest absolute Gasteiger partial charge is 0.493 e. The molecule has 4 rings (SSSR count). The maximum absolute atomic E-state index is 14.1. The van der Waals surface area contributed by atoms with Gasteiger partial charge in [0.05, 0.1) is 35.1 Å². The molecule has 2 heterocycles. The normalized spacial score (nSPS) is 15.9. The van der Waals surface area contributed by atoms with Gasteiger partial charge in [0.1, 0.15) is 17.1 Å². The lowest BCUT2D eigenvalue weighted by atomic mass is 10.00. The van der Waals surface area contributed by atoms with Crippen molar-refractivity contribution >= 4 is 32.9 Å². The van der Waals surface area contributed by atoms with Crippen molar-refractivity contribution in [1.29, 1.82) is 0 Å². The smallest absolute Gasteiger partial charge is 0.254 e. The summed E-state index contributed by atoms with van der Waals surface area (Å²) in [7, 11) is 0. The lowest BCUT2D eigenvalue weighted by Gasteiger charge is -2.27. The van der Waals surface area contributed by atoms with Crippen LogP contribution in [0.2, 0.25) is 0 Å². The number of aromatic nitrogens is 2. The third kappa shape index (κ3) is 3.39. The van der Waals surface area contributed by atoms with Gasteiger partial charge in [-0.2, -0.15) is 0 Å². The molecule has 1 atom stereocenters. The van der Waals surface area contributed by atoms with Gasteiger partial charge in [-0.25, -0.2) is 14.4 Å². The molecule has 5 nitrogen and oxygen atoms in total. The number of hydrogen-bond donors (Lipinski definition) is 1. The molecule has 3 aromatic rings. The van der Waals surface area contributed by atoms with Crippen molar-refractivity contribution in [1.82, 2.24) is 15.3 Å². The molecular weight excluding hydrogens is 413 g/mol. The molecule has 0 fully saturated rings. The highest BCUT2D eigenvalue weighted by Gasteiger charge is 2.25. The van der Waals surface area contributed by atoms with Gasteiger partial charge in [-0.05, 0) is 38.1 Å². The van der Waals surface area contributed by atoms with Crippen LogP contribution in [0.4, 0.5) is 4.39 Å². The maximum Gasteiger partial charge on any atom is 0.254 e. The molecular formula is C20H17BrFN3O2. The monoisotopic (exact) mass is 429 g/mol. The number of benzene rings is 2. The van der Waals surface area contributed by atoms with Crippen molar-refractivity contribution in [3.8, 4) is 5.75 Å². The van der Waals surface area contributed by atoms with Crippen molar-refractivity contribution in [2.75, 3.05) is 6.61 Å². The third-order valence-electron chi connectivity index (χ3n) is 4.71. The highest BCUT2D eigenvalue weighted by atomic mass is 79.9. The van der Waals surface area contributed by atoms with Crippen LogP contribution in [0.1, 0.15) is 39.8 Å². The zero-order valence-corrected chi connectivity index (χ0v) is 16.4. The maximum atomic E-state index is 14.1. The molecule has 1 N–H and O–H groups in total. The van der Waals surface area contributed by atoms with Crippen LogP contribution in [-0.4, -0.2) is 22.5 Å². The van der Waals surface area contributed by atoms with Crippen LogP contribution >= 0.6 is 15.9 Å². The molecule has 2 aromatic carbocycles. The van der Waals surface area contributed by atoms with Crippen molar-refractivity contribution < 1.29 is 13.9 Å². The number of amides is 1. The summed E-state index contributed by atoms with van der Waals surface area (Å²) in [6, 6.07) is 7.97. The second-order valence-corrected chi connectivity index (χ2v) is 7.48. The van der Waals surface area contributed by atoms with Crippen LogP contribution in [0.5, 0.6) is 5.75 Å². The fraction of sp³-hybridized carbons (Fsp3) is 0.250. The minimum absolute atomic E-state index is 0.184. The van der Waals surface area contributed by atoms with E-state index in [0.717, 1.165) is 15.8 Å². The van der Waals surface area contributed by atoms with Crippen LogP contribution in [0.25, 0.3) is 11.0 Å². The molecule has 0 spiro atoms. The first kappa shape index (κ1) is 17.9. The average Bonchev–Trinajstić information content (AvgIpc) is 2.63. The van der Waals surface area contributed by atoms with Crippen molar-refractivity contribution in [3.05, 3.63) is 63.1 Å². The number of ether oxygens (including phenoxy) is 1. The summed E-state index contributed by atoms with van der Waals surface area (Å²) >= 11 is 3.45. The van der Waals surface area contributed by atoms with Crippen molar-refractivity contribution in [2.45, 2.75) is 26.3 Å². The second kappa shape index (κ2) is 6.88. The number of nitrogens with one attached hydrogen (secondary N) is 1. The van der Waals surface area contributed by atoms with Gasteiger partial charge in [-0.15, -0.1) is 0 Å². The Morgan fingerprint density at radius 1 is 1.22 bits per heavy atom. The summed E-state index contributed by atoms with van der Waals surface area (Å²) in [4.78, 5) is 21.8. The number of hydrogen-bond acceptors (Lipinski definition) is 4. The summed E-state index contributed by atoms with van der Waals surface area (Å²) in [6.45, 7) is 4.13. The minimum atomic E-state index is -0.514. The van der Waals surface area contributed by atoms with Gasteiger partial charge in [0, 0.05) is 22.5 Å². The lowest BCUT2D eigenvalue weighted by molar-refractivity contribution is 0.0926. The van der Waals surface area contributed by atoms with Gasteiger partial charge < -0.3 is 10.1 Å². The minimum Gasteiger partial charge on any atom is -0.493 e. The summed E-state index contributed by atoms with van der Waals surface area (Å²) < 4.78 is 20.6. The molecule has 1 amide bonds. The summed E-state index contributed by atoms with van der Waals surface area (Å²) in [5.74, 6) is -0.152. The van der Waals surface area contributed by atoms with Crippen LogP contribution in [0, 0.1) is 19.7 Å². The number of carbonyl (C=O) groups is 1. The Labute approximate surface area is 164 Å². The van der Waals surface area contributed by atoms with Crippen molar-refractivity contribution in [2.24, 2.45) is 0 Å². The van der Waals surface area contributed by atoms with E-state index in [1.165, 1.54) is 12.1 Å². The molecule has 0 saturated carbocycles. The fourth-order valence-electron chi connectivity index (χ4n) is 3.22. The Hall–Kier alpha value is -2.54. The van der Waals surface area contributed by atoms with E-state index >= 15 is 0 Å². The van der Waals surface area contributed by atoms with E-state index in [1.807, 2.05) is 32.0 Å². The van der Waals surface area contributed by atoms with E-state index < -0.39 is 5.82 Å². The Balaban J connectivity index is 1.73. The number of carbonyl (C=O) groups excluding carboxylic acids is 1. The zero-order valence-electron chi connectivity index (χ0n) is 14.8. The molecule has 0 radical (unpaired) electrons. The van der Waals surface area contributed by atoms with Crippen LogP contribution in [-0.2, 0) is 0 Å². The Morgan fingerprint density at radius 3 is 2.81 bits per heavy atom. The van der Waals surface area contributed by atoms with Gasteiger partial charge in [-0.3, -0.25) is 4.79 Å². The van der Waals surface area contributed by atoms with Gasteiger partial charge in [0.2, 0.25) is 0 Å². The lowest BCUT2D eigenvalue weighted by Crippen LogP contribution is -2.32. The molecule has 138 valence electrons. The van der Waals surface area contributed by atoms with Crippen molar-refractivity contribution in [3.63, 3.8) is 0 Å². The number of aryl methyl sites for hydroxylation is 2. The molecule has 27 heavy (non-hydrogen) atoms. The van der Waals surface area contributed by atoms with Crippen LogP contribution < -0.4 is 10.1 Å². The van der Waals surface area contributed by atoms with E-state index in [2.05, 4.69) is 31.2 Å². The average molecular weight is 430 g/mol. The van der Waals surface area contributed by atoms with E-state index in [4.69, 9.17) is 4.74 Å². The summed E-state index contributed by atoms with van der Waals surface area (Å²) in [5.41, 5.74) is 3.27. The molecule has 0 saturated heterocycles. The Bertz CT molecular complexity index is 1070. The van der Waals surface area contributed by atoms with Gasteiger partial charge >= 0.3 is 0 Å². The van der Waals surface area contributed by atoms with E-state index in [9.17, 15) is 9.18 Å². The number of nitrogens with zero attached hydrogens (tertiary/aromatic N) is 2. The molecule has 1 aliphatic rings. The van der Waals surface area contributed by atoms with E-state index in [1.54, 1.807) is 0 Å². The SMILES string of the molecule is Cc1nc2cc(F)cc(C(=O)NC3CCOc4ccc(Br)cc43)c2nc1C. The Morgan fingerprint density at radius 2 is 2.00 bits per heavy atom. The van der Waals surface area contributed by atoms with Gasteiger partial charge in [0.25, 0.3) is 5.91 Å². The first-order valence-corrected chi connectivity index (χ1v) is 9.39. The Kier molecular flexibility index (Phi) is 4.55. The fourth-order valence-corrected chi connectivity index (χ4v) is 3.60. The number of halogens is 2. The highest BCUT2D eigenvalue weighted by Crippen LogP contribution is 2.34. The summed E-state index contributed by atoms with van der Waals surface area (Å²) in [5, 5.41) is 3.00. The molecule has 1 aromatic heterocycles. The second-order valence-electron chi connectivity index (χ2n) is 6.56. The van der Waals surface area contributed by atoms with Gasteiger partial charge in [-0.1, -0.05) is 15.9 Å². The van der Waals surface area contributed by atoms with Gasteiger partial charge in [0.15, 0.2) is 0 Å². The van der Waals surface area contributed by atoms with Crippen LogP contribution in [0.15, 0.2) is 34.8 Å². The first-order valence-electron chi connectivity index (χ1n) is 8.60. The zero-order chi connectivity index (χ0) is 19.1. The third-order valence-corrected chi connectivity index (χ3v) is 5.20. The standard InChI is InChI=1S/C20H17BrFN3O2/c1-10-11(2)24-19-15(8-13(22)9-17(19)23-10)20(26)25-16-5-6-27-18-4-3-12(21)7-14(16)18/h3-4,7-9,16H,5-6H2,1-2H3,(H,25,26). The first-order chi connectivity index (χ1) is 12.9. The predicted octanol–water partition coefficient (Wildman–Crippen LogP) is 4.40. The molecule has 7 heteroatoms. The van der Waals surface area contributed by atoms with E-state index in [-0.39, 0.29) is 17.5 Å². The van der Waals surface area contributed by atoms with Crippen LogP contribution in [0.3, 0.4) is 0 Å². The molecule has 1 unspecified atom stereocenters. The molecule has 0 bridgehead atoms. The quantitative estimate of drug-likeness (QED) is 0.655. The topological polar surface area (TPSA) is 64.1 Å². The van der Waals surface area contributed by atoms with E-state index in [0.29, 0.717) is 35.4 Å². The number of rotatable bonds is 2. The molecule has 1 aliphatic heterocycles. The highest BCUT2D eigenvalue weighted by molar-refractivity contribution is 9.10. The molecule has 0 aliphatic carbocycles.